The maximum atomic E-state index is 12.7. The average Bonchev–Trinajstić information content (AvgIpc) is 3.17. The van der Waals surface area contributed by atoms with Crippen molar-refractivity contribution in [3.05, 3.63) is 66.2 Å². The molecule has 1 aromatic heterocycles. The van der Waals surface area contributed by atoms with E-state index in [-0.39, 0.29) is 10.8 Å². The number of hydrogen-bond donors (Lipinski definition) is 1. The van der Waals surface area contributed by atoms with Gasteiger partial charge in [-0.3, -0.25) is 10.1 Å². The van der Waals surface area contributed by atoms with Crippen LogP contribution in [-0.2, 0) is 10.0 Å². The lowest BCUT2D eigenvalue weighted by Crippen LogP contribution is -2.30. The van der Waals surface area contributed by atoms with Gasteiger partial charge in [0.15, 0.2) is 5.13 Å². The van der Waals surface area contributed by atoms with Gasteiger partial charge in [-0.25, -0.2) is 13.4 Å². The molecule has 4 aromatic rings. The molecule has 8 heteroatoms. The quantitative estimate of drug-likeness (QED) is 0.471. The van der Waals surface area contributed by atoms with Crippen LogP contribution in [0.4, 0.5) is 5.13 Å². The number of thiazole rings is 1. The molecule has 6 nitrogen and oxygen atoms in total. The molecule has 30 heavy (non-hydrogen) atoms. The Morgan fingerprint density at radius 1 is 1.00 bits per heavy atom. The summed E-state index contributed by atoms with van der Waals surface area (Å²) in [7, 11) is -3.55. The Labute approximate surface area is 179 Å². The summed E-state index contributed by atoms with van der Waals surface area (Å²) in [6, 6.07) is 18.0. The molecule has 0 radical (unpaired) electrons. The lowest BCUT2D eigenvalue weighted by atomic mass is 10.1. The van der Waals surface area contributed by atoms with E-state index in [9.17, 15) is 13.2 Å². The molecule has 1 N–H and O–H groups in total. The molecule has 0 spiro atoms. The minimum absolute atomic E-state index is 0.175. The molecule has 0 saturated heterocycles. The van der Waals surface area contributed by atoms with Crippen LogP contribution in [0.2, 0.25) is 0 Å². The zero-order chi connectivity index (χ0) is 21.3. The van der Waals surface area contributed by atoms with Gasteiger partial charge in [-0.2, -0.15) is 4.31 Å². The number of carbonyl (C=O) groups is 1. The van der Waals surface area contributed by atoms with Gasteiger partial charge in [0.25, 0.3) is 5.91 Å². The minimum Gasteiger partial charge on any atom is -0.298 e. The van der Waals surface area contributed by atoms with E-state index < -0.39 is 10.0 Å². The SMILES string of the molecule is CCN(CC)S(=O)(=O)c1ccc(C(=O)Nc2nc3ccc4ccccc4c3s2)cc1. The fourth-order valence-corrected chi connectivity index (χ4v) is 5.82. The number of anilines is 1. The number of amides is 1. The van der Waals surface area contributed by atoms with Crippen molar-refractivity contribution < 1.29 is 13.2 Å². The fourth-order valence-electron chi connectivity index (χ4n) is 3.37. The second-order valence-electron chi connectivity index (χ2n) is 6.72. The Balaban J connectivity index is 1.58. The third-order valence-corrected chi connectivity index (χ3v) is 8.04. The maximum absolute atomic E-state index is 12.7. The number of nitrogens with zero attached hydrogens (tertiary/aromatic N) is 2. The second kappa shape index (κ2) is 8.14. The number of aromatic nitrogens is 1. The highest BCUT2D eigenvalue weighted by atomic mass is 32.2. The van der Waals surface area contributed by atoms with E-state index in [2.05, 4.69) is 10.3 Å². The molecular weight excluding hydrogens is 418 g/mol. The topological polar surface area (TPSA) is 79.4 Å². The summed E-state index contributed by atoms with van der Waals surface area (Å²) < 4.78 is 27.6. The van der Waals surface area contributed by atoms with Crippen LogP contribution in [0.1, 0.15) is 24.2 Å². The predicted octanol–water partition coefficient (Wildman–Crippen LogP) is 4.73. The Morgan fingerprint density at radius 2 is 1.70 bits per heavy atom. The molecule has 3 aromatic carbocycles. The number of rotatable bonds is 6. The second-order valence-corrected chi connectivity index (χ2v) is 9.66. The van der Waals surface area contributed by atoms with Crippen molar-refractivity contribution in [3.63, 3.8) is 0 Å². The van der Waals surface area contributed by atoms with E-state index in [4.69, 9.17) is 0 Å². The lowest BCUT2D eigenvalue weighted by Gasteiger charge is -2.18. The van der Waals surface area contributed by atoms with E-state index in [1.165, 1.54) is 39.9 Å². The smallest absolute Gasteiger partial charge is 0.257 e. The van der Waals surface area contributed by atoms with Gasteiger partial charge in [-0.05, 0) is 35.7 Å². The lowest BCUT2D eigenvalue weighted by molar-refractivity contribution is 0.102. The van der Waals surface area contributed by atoms with Gasteiger partial charge in [-0.1, -0.05) is 55.5 Å². The Morgan fingerprint density at radius 3 is 2.40 bits per heavy atom. The van der Waals surface area contributed by atoms with E-state index in [1.807, 2.05) is 36.4 Å². The van der Waals surface area contributed by atoms with Crippen molar-refractivity contribution in [2.24, 2.45) is 0 Å². The van der Waals surface area contributed by atoms with Gasteiger partial charge in [0, 0.05) is 24.0 Å². The highest BCUT2D eigenvalue weighted by Gasteiger charge is 2.22. The van der Waals surface area contributed by atoms with Crippen LogP contribution in [0.25, 0.3) is 21.0 Å². The molecule has 154 valence electrons. The van der Waals surface area contributed by atoms with Crippen molar-refractivity contribution in [2.75, 3.05) is 18.4 Å². The van der Waals surface area contributed by atoms with Gasteiger partial charge in [-0.15, -0.1) is 0 Å². The summed E-state index contributed by atoms with van der Waals surface area (Å²) in [5, 5.41) is 5.55. The Hall–Kier alpha value is -2.81. The van der Waals surface area contributed by atoms with Crippen LogP contribution < -0.4 is 5.32 Å². The molecule has 0 unspecified atom stereocenters. The highest BCUT2D eigenvalue weighted by Crippen LogP contribution is 2.32. The van der Waals surface area contributed by atoms with E-state index in [0.717, 1.165) is 21.0 Å². The molecule has 0 bridgehead atoms. The first-order valence-electron chi connectivity index (χ1n) is 9.64. The van der Waals surface area contributed by atoms with Gasteiger partial charge in [0.05, 0.1) is 15.1 Å². The van der Waals surface area contributed by atoms with Gasteiger partial charge < -0.3 is 0 Å². The molecule has 0 aliphatic rings. The van der Waals surface area contributed by atoms with Gasteiger partial charge in [0.2, 0.25) is 10.0 Å². The van der Waals surface area contributed by atoms with Crippen LogP contribution >= 0.6 is 11.3 Å². The Bertz CT molecular complexity index is 1330. The summed E-state index contributed by atoms with van der Waals surface area (Å²) in [5.41, 5.74) is 1.20. The molecule has 1 amide bonds. The van der Waals surface area contributed by atoms with E-state index in [0.29, 0.717) is 23.8 Å². The molecule has 0 aliphatic carbocycles. The van der Waals surface area contributed by atoms with Crippen LogP contribution in [0, 0.1) is 0 Å². The average molecular weight is 440 g/mol. The van der Waals surface area contributed by atoms with Gasteiger partial charge >= 0.3 is 0 Å². The zero-order valence-electron chi connectivity index (χ0n) is 16.6. The molecule has 4 rings (SSSR count). The largest absolute Gasteiger partial charge is 0.298 e. The standard InChI is InChI=1S/C22H21N3O3S2/c1-3-25(4-2)30(27,28)17-12-9-16(10-13-17)21(26)24-22-23-19-14-11-15-7-5-6-8-18(15)20(19)29-22/h5-14H,3-4H2,1-2H3,(H,23,24,26). The third kappa shape index (κ3) is 3.69. The fraction of sp³-hybridized carbons (Fsp3) is 0.182. The van der Waals surface area contributed by atoms with Crippen LogP contribution in [-0.4, -0.2) is 36.7 Å². The molecule has 0 aliphatic heterocycles. The summed E-state index contributed by atoms with van der Waals surface area (Å²) in [4.78, 5) is 17.3. The minimum atomic E-state index is -3.55. The number of hydrogen-bond acceptors (Lipinski definition) is 5. The van der Waals surface area contributed by atoms with Gasteiger partial charge in [0.1, 0.15) is 0 Å². The molecule has 0 saturated carbocycles. The first-order valence-corrected chi connectivity index (χ1v) is 11.9. The molecule has 0 atom stereocenters. The monoisotopic (exact) mass is 439 g/mol. The van der Waals surface area contributed by atoms with Crippen LogP contribution in [0.3, 0.4) is 0 Å². The number of nitrogens with one attached hydrogen (secondary N) is 1. The normalized spacial score (nSPS) is 12.0. The van der Waals surface area contributed by atoms with Crippen molar-refractivity contribution >= 4 is 53.4 Å². The van der Waals surface area contributed by atoms with Crippen LogP contribution in [0.15, 0.2) is 65.6 Å². The number of fused-ring (bicyclic) bond motifs is 3. The van der Waals surface area contributed by atoms with Crippen molar-refractivity contribution in [1.82, 2.24) is 9.29 Å². The third-order valence-electron chi connectivity index (χ3n) is 4.96. The zero-order valence-corrected chi connectivity index (χ0v) is 18.3. The summed E-state index contributed by atoms with van der Waals surface area (Å²) in [5.74, 6) is -0.329. The number of sulfonamides is 1. The molecular formula is C22H21N3O3S2. The van der Waals surface area contributed by atoms with Crippen molar-refractivity contribution in [2.45, 2.75) is 18.7 Å². The van der Waals surface area contributed by atoms with E-state index in [1.54, 1.807) is 13.8 Å². The predicted molar refractivity (Wildman–Crippen MR) is 122 cm³/mol. The van der Waals surface area contributed by atoms with E-state index >= 15 is 0 Å². The summed E-state index contributed by atoms with van der Waals surface area (Å²) >= 11 is 1.42. The number of benzene rings is 3. The first kappa shape index (κ1) is 20.5. The molecule has 0 fully saturated rings. The maximum Gasteiger partial charge on any atom is 0.257 e. The Kier molecular flexibility index (Phi) is 5.55. The first-order chi connectivity index (χ1) is 14.4. The molecule has 1 heterocycles. The van der Waals surface area contributed by atoms with Crippen molar-refractivity contribution in [3.8, 4) is 0 Å². The number of carbonyl (C=O) groups excluding carboxylic acids is 1. The summed E-state index contributed by atoms with van der Waals surface area (Å²) in [6.07, 6.45) is 0. The summed E-state index contributed by atoms with van der Waals surface area (Å²) in [6.45, 7) is 4.38. The van der Waals surface area contributed by atoms with Crippen molar-refractivity contribution in [1.29, 1.82) is 0 Å². The highest BCUT2D eigenvalue weighted by molar-refractivity contribution is 7.89. The van der Waals surface area contributed by atoms with Crippen LogP contribution in [0.5, 0.6) is 0 Å².